The van der Waals surface area contributed by atoms with Gasteiger partial charge >= 0.3 is 0 Å². The van der Waals surface area contributed by atoms with E-state index in [1.54, 1.807) is 0 Å². The Kier molecular flexibility index (Phi) is 6.19. The van der Waals surface area contributed by atoms with Gasteiger partial charge in [-0.25, -0.2) is 4.58 Å². The molecule has 0 bridgehead atoms. The van der Waals surface area contributed by atoms with E-state index in [1.165, 1.54) is 5.56 Å². The van der Waals surface area contributed by atoms with Crippen LogP contribution < -0.4 is 5.73 Å². The molecular formula is C19H31N2O3Si+. The minimum Gasteiger partial charge on any atom is -0.414 e. The largest absolute Gasteiger partial charge is 0.414 e. The number of carbonyl (C=O) groups excluding carboxylic acids is 1. The first kappa shape index (κ1) is 19.8. The summed E-state index contributed by atoms with van der Waals surface area (Å²) in [7, 11) is -1.73. The summed E-state index contributed by atoms with van der Waals surface area (Å²) in [6, 6.07) is 8.11. The Labute approximate surface area is 152 Å². The Morgan fingerprint density at radius 2 is 1.92 bits per heavy atom. The lowest BCUT2D eigenvalue weighted by molar-refractivity contribution is -0.579. The molecule has 1 aromatic carbocycles. The maximum Gasteiger partial charge on any atom is 0.247 e. The average Bonchev–Trinajstić information content (AvgIpc) is 2.83. The Balaban J connectivity index is 1.90. The Morgan fingerprint density at radius 3 is 2.56 bits per heavy atom. The third-order valence-corrected chi connectivity index (χ3v) is 9.69. The summed E-state index contributed by atoms with van der Waals surface area (Å²) in [4.78, 5) is 11.4. The highest BCUT2D eigenvalue weighted by Crippen LogP contribution is 2.36. The molecule has 25 heavy (non-hydrogen) atoms. The van der Waals surface area contributed by atoms with Gasteiger partial charge in [-0.1, -0.05) is 39.0 Å². The summed E-state index contributed by atoms with van der Waals surface area (Å²) in [6.45, 7) is 13.5. The summed E-state index contributed by atoms with van der Waals surface area (Å²) < 4.78 is 14.0. The highest BCUT2D eigenvalue weighted by atomic mass is 28.4. The van der Waals surface area contributed by atoms with Crippen molar-refractivity contribution in [3.8, 4) is 0 Å². The van der Waals surface area contributed by atoms with E-state index in [0.717, 1.165) is 17.8 Å². The second kappa shape index (κ2) is 7.80. The molecule has 0 spiro atoms. The van der Waals surface area contributed by atoms with E-state index in [9.17, 15) is 4.79 Å². The van der Waals surface area contributed by atoms with Crippen LogP contribution >= 0.6 is 0 Å². The van der Waals surface area contributed by atoms with Crippen molar-refractivity contribution in [2.45, 2.75) is 51.9 Å². The second-order valence-corrected chi connectivity index (χ2v) is 12.9. The first-order valence-corrected chi connectivity index (χ1v) is 11.7. The molecule has 1 aliphatic rings. The number of fused-ring (bicyclic) bond motifs is 1. The van der Waals surface area contributed by atoms with Gasteiger partial charge < -0.3 is 14.9 Å². The fourth-order valence-electron chi connectivity index (χ4n) is 2.65. The quantitative estimate of drug-likeness (QED) is 0.439. The summed E-state index contributed by atoms with van der Waals surface area (Å²) in [5.41, 5.74) is 8.67. The van der Waals surface area contributed by atoms with E-state index in [2.05, 4.69) is 44.5 Å². The smallest absolute Gasteiger partial charge is 0.247 e. The molecule has 1 amide bonds. The van der Waals surface area contributed by atoms with Gasteiger partial charge in [0.05, 0.1) is 18.8 Å². The van der Waals surface area contributed by atoms with Gasteiger partial charge in [0.1, 0.15) is 6.42 Å². The fourth-order valence-corrected chi connectivity index (χ4v) is 3.68. The summed E-state index contributed by atoms with van der Waals surface area (Å²) in [5, 5.41) is 0.200. The molecule has 2 rings (SSSR count). The maximum atomic E-state index is 11.4. The Morgan fingerprint density at radius 1 is 1.24 bits per heavy atom. The van der Waals surface area contributed by atoms with Crippen LogP contribution in [0.3, 0.4) is 0 Å². The van der Waals surface area contributed by atoms with Gasteiger partial charge in [0.25, 0.3) is 0 Å². The van der Waals surface area contributed by atoms with Gasteiger partial charge in [-0.3, -0.25) is 4.79 Å². The van der Waals surface area contributed by atoms with Crippen LogP contribution in [0.1, 0.15) is 38.3 Å². The molecule has 0 atom stereocenters. The molecule has 0 radical (unpaired) electrons. The van der Waals surface area contributed by atoms with Crippen LogP contribution in [-0.2, 0) is 20.5 Å². The van der Waals surface area contributed by atoms with E-state index in [0.29, 0.717) is 19.9 Å². The average molecular weight is 364 g/mol. The third kappa shape index (κ3) is 5.00. The van der Waals surface area contributed by atoms with Crippen molar-refractivity contribution >= 4 is 19.9 Å². The molecule has 0 aromatic heterocycles. The van der Waals surface area contributed by atoms with Crippen molar-refractivity contribution in [1.29, 1.82) is 0 Å². The Bertz CT molecular complexity index is 663. The van der Waals surface area contributed by atoms with Gasteiger partial charge in [-0.15, -0.1) is 0 Å². The van der Waals surface area contributed by atoms with Gasteiger partial charge in [0.2, 0.25) is 12.6 Å². The number of benzene rings is 1. The van der Waals surface area contributed by atoms with Crippen LogP contribution in [0, 0.1) is 0 Å². The normalized spacial score (nSPS) is 14.8. The standard InChI is InChI=1S/C19H30N2O3Si/c1-19(2,3)25(4,5)24-11-10-23-14-21-13-15-8-6-7-9-16(15)17(21)12-18(20)22/h6-9H,10-14H2,1-5H3,(H-,20,22)/p+1. The molecule has 0 unspecified atom stereocenters. The summed E-state index contributed by atoms with van der Waals surface area (Å²) in [5.74, 6) is -0.321. The third-order valence-electron chi connectivity index (χ3n) is 5.16. The van der Waals surface area contributed by atoms with E-state index in [-0.39, 0.29) is 17.4 Å². The first-order chi connectivity index (χ1) is 11.6. The SMILES string of the molecule is CC(C)(C)[Si](C)(C)OCCOC[N+]1=C(CC(N)=O)c2ccccc2C1. The number of hydrogen-bond acceptors (Lipinski definition) is 3. The molecule has 0 saturated heterocycles. The number of ether oxygens (including phenoxy) is 1. The summed E-state index contributed by atoms with van der Waals surface area (Å²) in [6.07, 6.45) is 0.237. The van der Waals surface area contributed by atoms with Gasteiger partial charge in [0.15, 0.2) is 20.6 Å². The minimum absolute atomic E-state index is 0.200. The highest BCUT2D eigenvalue weighted by Gasteiger charge is 2.37. The number of rotatable bonds is 8. The lowest BCUT2D eigenvalue weighted by atomic mass is 10.0. The van der Waals surface area contributed by atoms with E-state index in [4.69, 9.17) is 14.9 Å². The number of nitrogens with two attached hydrogens (primary N) is 1. The molecule has 0 saturated carbocycles. The molecule has 6 heteroatoms. The molecule has 0 aliphatic carbocycles. The van der Waals surface area contributed by atoms with Crippen molar-refractivity contribution in [2.75, 3.05) is 19.9 Å². The monoisotopic (exact) mass is 363 g/mol. The lowest BCUT2D eigenvalue weighted by Crippen LogP contribution is -2.41. The molecular weight excluding hydrogens is 332 g/mol. The topological polar surface area (TPSA) is 64.6 Å². The van der Waals surface area contributed by atoms with E-state index in [1.807, 2.05) is 18.2 Å². The number of carbonyl (C=O) groups is 1. The number of primary amides is 1. The zero-order valence-corrected chi connectivity index (χ0v) is 17.1. The van der Waals surface area contributed by atoms with Crippen molar-refractivity contribution in [3.05, 3.63) is 35.4 Å². The van der Waals surface area contributed by atoms with Crippen molar-refractivity contribution in [2.24, 2.45) is 5.73 Å². The van der Waals surface area contributed by atoms with Crippen LogP contribution in [0.15, 0.2) is 24.3 Å². The number of hydrogen-bond donors (Lipinski definition) is 1. The number of nitrogens with zero attached hydrogens (tertiary/aromatic N) is 1. The van der Waals surface area contributed by atoms with Crippen molar-refractivity contribution in [1.82, 2.24) is 0 Å². The maximum absolute atomic E-state index is 11.4. The van der Waals surface area contributed by atoms with E-state index >= 15 is 0 Å². The van der Waals surface area contributed by atoms with Gasteiger partial charge in [0, 0.05) is 5.56 Å². The number of amides is 1. The van der Waals surface area contributed by atoms with Crippen LogP contribution in [0.2, 0.25) is 18.1 Å². The zero-order valence-electron chi connectivity index (χ0n) is 16.1. The second-order valence-electron chi connectivity index (χ2n) is 8.09. The lowest BCUT2D eigenvalue weighted by Gasteiger charge is -2.36. The first-order valence-electron chi connectivity index (χ1n) is 8.81. The molecule has 138 valence electrons. The predicted molar refractivity (Wildman–Crippen MR) is 102 cm³/mol. The molecule has 0 fully saturated rings. The molecule has 5 nitrogen and oxygen atoms in total. The van der Waals surface area contributed by atoms with Crippen LogP contribution in [0.25, 0.3) is 0 Å². The van der Waals surface area contributed by atoms with Gasteiger partial charge in [-0.05, 0) is 24.2 Å². The van der Waals surface area contributed by atoms with Crippen LogP contribution in [0.5, 0.6) is 0 Å². The Hall–Kier alpha value is -1.50. The predicted octanol–water partition coefficient (Wildman–Crippen LogP) is 2.87. The zero-order chi connectivity index (χ0) is 18.7. The fraction of sp³-hybridized carbons (Fsp3) is 0.579. The van der Waals surface area contributed by atoms with Crippen molar-refractivity contribution in [3.63, 3.8) is 0 Å². The van der Waals surface area contributed by atoms with Crippen molar-refractivity contribution < 1.29 is 18.5 Å². The summed E-state index contributed by atoms with van der Waals surface area (Å²) >= 11 is 0. The molecule has 2 N–H and O–H groups in total. The van der Waals surface area contributed by atoms with Gasteiger partial charge in [-0.2, -0.15) is 0 Å². The van der Waals surface area contributed by atoms with E-state index < -0.39 is 8.32 Å². The van der Waals surface area contributed by atoms with Crippen LogP contribution in [-0.4, -0.2) is 44.5 Å². The highest BCUT2D eigenvalue weighted by molar-refractivity contribution is 6.74. The molecule has 1 aromatic rings. The minimum atomic E-state index is -1.73. The molecule has 1 aliphatic heterocycles. The van der Waals surface area contributed by atoms with Crippen LogP contribution in [0.4, 0.5) is 0 Å². The molecule has 1 heterocycles.